The maximum absolute atomic E-state index is 12.6. The molecule has 34 heavy (non-hydrogen) atoms. The lowest BCUT2D eigenvalue weighted by molar-refractivity contribution is -0.129. The number of rotatable bonds is 7. The van der Waals surface area contributed by atoms with Gasteiger partial charge in [-0.3, -0.25) is 0 Å². The summed E-state index contributed by atoms with van der Waals surface area (Å²) in [7, 11) is 0. The molecule has 1 aliphatic heterocycles. The van der Waals surface area contributed by atoms with Gasteiger partial charge in [-0.2, -0.15) is 0 Å². The Morgan fingerprint density at radius 3 is 2.53 bits per heavy atom. The summed E-state index contributed by atoms with van der Waals surface area (Å²) in [6.45, 7) is 4.12. The molecule has 3 aromatic rings. The van der Waals surface area contributed by atoms with Crippen LogP contribution in [0.15, 0.2) is 89.6 Å². The van der Waals surface area contributed by atoms with E-state index in [2.05, 4.69) is 4.99 Å². The van der Waals surface area contributed by atoms with Gasteiger partial charge >= 0.3 is 11.9 Å². The molecule has 0 aromatic heterocycles. The van der Waals surface area contributed by atoms with Crippen LogP contribution in [0, 0.1) is 6.92 Å². The lowest BCUT2D eigenvalue weighted by Crippen LogP contribution is -2.10. The molecule has 0 bridgehead atoms. The Bertz CT molecular complexity index is 1310. The number of hydrogen-bond donors (Lipinski definition) is 0. The highest BCUT2D eigenvalue weighted by molar-refractivity contribution is 6.11. The highest BCUT2D eigenvalue weighted by Gasteiger charge is 2.21. The molecule has 0 saturated heterocycles. The summed E-state index contributed by atoms with van der Waals surface area (Å²) in [5.74, 6) is -0.124. The SMILES string of the molecule is CCOc1cc(/C=C2N=C(/C=C/c3ccccc3)OC/2=O)ccc1OC(=O)c1cccc(C)c1. The minimum Gasteiger partial charge on any atom is -0.490 e. The van der Waals surface area contributed by atoms with Crippen molar-refractivity contribution < 1.29 is 23.8 Å². The zero-order chi connectivity index (χ0) is 23.9. The van der Waals surface area contributed by atoms with Crippen LogP contribution in [0.4, 0.5) is 0 Å². The quantitative estimate of drug-likeness (QED) is 0.264. The Morgan fingerprint density at radius 2 is 1.76 bits per heavy atom. The zero-order valence-corrected chi connectivity index (χ0v) is 18.9. The fourth-order valence-electron chi connectivity index (χ4n) is 3.28. The summed E-state index contributed by atoms with van der Waals surface area (Å²) in [4.78, 5) is 29.1. The van der Waals surface area contributed by atoms with Crippen LogP contribution < -0.4 is 9.47 Å². The molecular weight excluding hydrogens is 430 g/mol. The molecular formula is C28H23NO5. The number of hydrogen-bond acceptors (Lipinski definition) is 6. The van der Waals surface area contributed by atoms with E-state index in [1.54, 1.807) is 48.6 Å². The second-order valence-corrected chi connectivity index (χ2v) is 7.51. The third-order valence-corrected chi connectivity index (χ3v) is 4.88. The highest BCUT2D eigenvalue weighted by Crippen LogP contribution is 2.31. The first-order valence-corrected chi connectivity index (χ1v) is 10.8. The predicted molar refractivity (Wildman–Crippen MR) is 131 cm³/mol. The van der Waals surface area contributed by atoms with Crippen LogP contribution in [0.25, 0.3) is 12.2 Å². The van der Waals surface area contributed by atoms with Gasteiger partial charge in [-0.25, -0.2) is 14.6 Å². The Labute approximate surface area is 197 Å². The average molecular weight is 453 g/mol. The summed E-state index contributed by atoms with van der Waals surface area (Å²) >= 11 is 0. The van der Waals surface area contributed by atoms with E-state index in [0.29, 0.717) is 29.2 Å². The maximum Gasteiger partial charge on any atom is 0.363 e. The van der Waals surface area contributed by atoms with Crippen molar-refractivity contribution in [3.8, 4) is 11.5 Å². The Morgan fingerprint density at radius 1 is 0.941 bits per heavy atom. The van der Waals surface area contributed by atoms with Gasteiger partial charge in [0.25, 0.3) is 0 Å². The summed E-state index contributed by atoms with van der Waals surface area (Å²) in [5, 5.41) is 0. The standard InChI is InChI=1S/C28H23NO5/c1-3-32-25-18-21(12-14-24(25)33-27(30)22-11-7-8-19(2)16-22)17-23-28(31)34-26(29-23)15-13-20-9-5-4-6-10-20/h4-18H,3H2,1-2H3/b15-13+,23-17+. The lowest BCUT2D eigenvalue weighted by Gasteiger charge is -2.11. The first-order chi connectivity index (χ1) is 16.5. The van der Waals surface area contributed by atoms with Gasteiger partial charge in [0.05, 0.1) is 12.2 Å². The number of cyclic esters (lactones) is 1. The summed E-state index contributed by atoms with van der Waals surface area (Å²) in [6.07, 6.45) is 5.06. The number of carbonyl (C=O) groups excluding carboxylic acids is 2. The number of aliphatic imine (C=N–C) groups is 1. The molecule has 170 valence electrons. The van der Waals surface area contributed by atoms with E-state index < -0.39 is 11.9 Å². The predicted octanol–water partition coefficient (Wildman–Crippen LogP) is 5.62. The van der Waals surface area contributed by atoms with Crippen LogP contribution >= 0.6 is 0 Å². The molecule has 0 fully saturated rings. The van der Waals surface area contributed by atoms with Crippen LogP contribution in [0.2, 0.25) is 0 Å². The monoisotopic (exact) mass is 453 g/mol. The second kappa shape index (κ2) is 10.4. The number of nitrogens with zero attached hydrogens (tertiary/aromatic N) is 1. The van der Waals surface area contributed by atoms with E-state index >= 15 is 0 Å². The molecule has 0 radical (unpaired) electrons. The van der Waals surface area contributed by atoms with E-state index in [1.165, 1.54) is 0 Å². The minimum absolute atomic E-state index is 0.166. The first-order valence-electron chi connectivity index (χ1n) is 10.8. The van der Waals surface area contributed by atoms with Gasteiger partial charge in [0.15, 0.2) is 17.2 Å². The molecule has 4 rings (SSSR count). The number of benzene rings is 3. The molecule has 0 amide bonds. The third kappa shape index (κ3) is 5.66. The molecule has 0 spiro atoms. The van der Waals surface area contributed by atoms with Crippen molar-refractivity contribution >= 4 is 30.0 Å². The number of carbonyl (C=O) groups is 2. The molecule has 0 atom stereocenters. The number of aryl methyl sites for hydroxylation is 1. The Hall–Kier alpha value is -4.45. The Balaban J connectivity index is 1.54. The lowest BCUT2D eigenvalue weighted by atomic mass is 10.1. The largest absolute Gasteiger partial charge is 0.490 e. The Kier molecular flexibility index (Phi) is 6.98. The fraction of sp³-hybridized carbons (Fsp3) is 0.107. The molecule has 0 saturated carbocycles. The topological polar surface area (TPSA) is 74.2 Å². The molecule has 1 aliphatic rings. The molecule has 3 aromatic carbocycles. The van der Waals surface area contributed by atoms with Crippen molar-refractivity contribution in [2.45, 2.75) is 13.8 Å². The van der Waals surface area contributed by atoms with Gasteiger partial charge in [0.2, 0.25) is 5.90 Å². The van der Waals surface area contributed by atoms with Crippen molar-refractivity contribution in [1.29, 1.82) is 0 Å². The number of esters is 2. The molecule has 6 nitrogen and oxygen atoms in total. The van der Waals surface area contributed by atoms with Gasteiger partial charge in [0, 0.05) is 6.08 Å². The molecule has 0 unspecified atom stereocenters. The van der Waals surface area contributed by atoms with E-state index in [0.717, 1.165) is 11.1 Å². The maximum atomic E-state index is 12.6. The van der Waals surface area contributed by atoms with E-state index in [9.17, 15) is 9.59 Å². The second-order valence-electron chi connectivity index (χ2n) is 7.51. The molecule has 1 heterocycles. The van der Waals surface area contributed by atoms with Gasteiger partial charge in [0.1, 0.15) is 0 Å². The first kappa shape index (κ1) is 22.7. The summed E-state index contributed by atoms with van der Waals surface area (Å²) in [5.41, 5.74) is 3.20. The molecule has 6 heteroatoms. The normalized spacial score (nSPS) is 14.2. The van der Waals surface area contributed by atoms with Crippen LogP contribution in [0.1, 0.15) is 34.0 Å². The van der Waals surface area contributed by atoms with E-state index in [-0.39, 0.29) is 11.6 Å². The highest BCUT2D eigenvalue weighted by atomic mass is 16.6. The van der Waals surface area contributed by atoms with Crippen molar-refractivity contribution in [2.24, 2.45) is 4.99 Å². The van der Waals surface area contributed by atoms with Gasteiger partial charge in [-0.15, -0.1) is 0 Å². The van der Waals surface area contributed by atoms with Crippen LogP contribution in [0.5, 0.6) is 11.5 Å². The number of ether oxygens (including phenoxy) is 3. The minimum atomic E-state index is -0.541. The van der Waals surface area contributed by atoms with Crippen LogP contribution in [-0.4, -0.2) is 24.4 Å². The zero-order valence-electron chi connectivity index (χ0n) is 18.9. The van der Waals surface area contributed by atoms with Crippen molar-refractivity contribution in [2.75, 3.05) is 6.61 Å². The average Bonchev–Trinajstić information content (AvgIpc) is 3.19. The van der Waals surface area contributed by atoms with Crippen LogP contribution in [-0.2, 0) is 9.53 Å². The smallest absolute Gasteiger partial charge is 0.363 e. The van der Waals surface area contributed by atoms with Crippen LogP contribution in [0.3, 0.4) is 0 Å². The molecule has 0 aliphatic carbocycles. The van der Waals surface area contributed by atoms with E-state index in [4.69, 9.17) is 14.2 Å². The van der Waals surface area contributed by atoms with Gasteiger partial charge in [-0.1, -0.05) is 54.1 Å². The van der Waals surface area contributed by atoms with Crippen molar-refractivity contribution in [1.82, 2.24) is 0 Å². The van der Waals surface area contributed by atoms with Gasteiger partial charge < -0.3 is 14.2 Å². The van der Waals surface area contributed by atoms with E-state index in [1.807, 2.05) is 56.3 Å². The molecule has 0 N–H and O–H groups in total. The van der Waals surface area contributed by atoms with Crippen molar-refractivity contribution in [3.63, 3.8) is 0 Å². The van der Waals surface area contributed by atoms with Crippen molar-refractivity contribution in [3.05, 3.63) is 107 Å². The summed E-state index contributed by atoms with van der Waals surface area (Å²) in [6, 6.07) is 21.8. The van der Waals surface area contributed by atoms with Gasteiger partial charge in [-0.05, 0) is 61.4 Å². The fourth-order valence-corrected chi connectivity index (χ4v) is 3.28. The summed E-state index contributed by atoms with van der Waals surface area (Å²) < 4.78 is 16.5. The third-order valence-electron chi connectivity index (χ3n) is 4.88.